The fraction of sp³-hybridized carbons (Fsp3) is 0.538. The van der Waals surface area contributed by atoms with E-state index < -0.39 is 0 Å². The van der Waals surface area contributed by atoms with E-state index in [0.29, 0.717) is 5.41 Å². The third kappa shape index (κ3) is 1.47. The van der Waals surface area contributed by atoms with E-state index in [1.807, 2.05) is 12.1 Å². The van der Waals surface area contributed by atoms with Crippen molar-refractivity contribution in [1.82, 2.24) is 0 Å². The van der Waals surface area contributed by atoms with Crippen molar-refractivity contribution in [3.8, 4) is 0 Å². The van der Waals surface area contributed by atoms with Crippen molar-refractivity contribution >= 4 is 23.0 Å². The quantitative estimate of drug-likeness (QED) is 0.743. The first-order valence-electron chi connectivity index (χ1n) is 5.94. The number of fused-ring (bicyclic) bond motifs is 1. The lowest BCUT2D eigenvalue weighted by atomic mass is 9.68. The molecular formula is C13H17ClN2. The Morgan fingerprint density at radius 3 is 2.88 bits per heavy atom. The summed E-state index contributed by atoms with van der Waals surface area (Å²) in [5.74, 6) is 0. The molecule has 1 aliphatic carbocycles. The third-order valence-electron chi connectivity index (χ3n) is 4.03. The van der Waals surface area contributed by atoms with Crippen LogP contribution in [-0.2, 0) is 0 Å². The van der Waals surface area contributed by atoms with Crippen LogP contribution in [0.3, 0.4) is 0 Å². The van der Waals surface area contributed by atoms with E-state index >= 15 is 0 Å². The average Bonchev–Trinajstić information content (AvgIpc) is 2.37. The van der Waals surface area contributed by atoms with Gasteiger partial charge < -0.3 is 10.2 Å². The second-order valence-corrected chi connectivity index (χ2v) is 5.60. The predicted molar refractivity (Wildman–Crippen MR) is 69.5 cm³/mol. The number of benzene rings is 1. The zero-order valence-corrected chi connectivity index (χ0v) is 10.3. The average molecular weight is 237 g/mol. The highest BCUT2D eigenvalue weighted by Gasteiger charge is 2.39. The Labute approximate surface area is 102 Å². The maximum Gasteiger partial charge on any atom is 0.0767 e. The molecule has 0 atom stereocenters. The highest BCUT2D eigenvalue weighted by atomic mass is 35.5. The Morgan fingerprint density at radius 2 is 2.19 bits per heavy atom. The summed E-state index contributed by atoms with van der Waals surface area (Å²) in [7, 11) is 2.17. The summed E-state index contributed by atoms with van der Waals surface area (Å²) in [4.78, 5) is 2.35. The molecule has 2 aliphatic rings. The van der Waals surface area contributed by atoms with Crippen LogP contribution >= 0.6 is 11.6 Å². The topological polar surface area (TPSA) is 15.3 Å². The summed E-state index contributed by atoms with van der Waals surface area (Å²) in [6.07, 6.45) is 4.06. The molecule has 86 valence electrons. The van der Waals surface area contributed by atoms with Crippen LogP contribution in [0.1, 0.15) is 19.3 Å². The van der Waals surface area contributed by atoms with E-state index in [-0.39, 0.29) is 0 Å². The van der Waals surface area contributed by atoms with Crippen molar-refractivity contribution in [3.63, 3.8) is 0 Å². The lowest BCUT2D eigenvalue weighted by molar-refractivity contribution is 0.162. The van der Waals surface area contributed by atoms with Crippen LogP contribution in [0.4, 0.5) is 11.4 Å². The van der Waals surface area contributed by atoms with Crippen molar-refractivity contribution in [1.29, 1.82) is 0 Å². The molecule has 1 heterocycles. The zero-order valence-electron chi connectivity index (χ0n) is 9.59. The van der Waals surface area contributed by atoms with E-state index in [1.54, 1.807) is 0 Å². The van der Waals surface area contributed by atoms with E-state index in [9.17, 15) is 0 Å². The van der Waals surface area contributed by atoms with Gasteiger partial charge >= 0.3 is 0 Å². The van der Waals surface area contributed by atoms with Crippen LogP contribution < -0.4 is 10.2 Å². The molecule has 1 aromatic rings. The summed E-state index contributed by atoms with van der Waals surface area (Å²) in [6.45, 7) is 2.21. The van der Waals surface area contributed by atoms with Gasteiger partial charge in [-0.05, 0) is 25.0 Å². The van der Waals surface area contributed by atoms with Gasteiger partial charge in [0.15, 0.2) is 0 Å². The Kier molecular flexibility index (Phi) is 2.28. The van der Waals surface area contributed by atoms with Gasteiger partial charge in [0.1, 0.15) is 0 Å². The Bertz CT molecular complexity index is 412. The Morgan fingerprint density at radius 1 is 1.38 bits per heavy atom. The summed E-state index contributed by atoms with van der Waals surface area (Å²) in [6, 6.07) is 6.13. The van der Waals surface area contributed by atoms with Crippen molar-refractivity contribution in [2.75, 3.05) is 30.4 Å². The van der Waals surface area contributed by atoms with Crippen LogP contribution in [0, 0.1) is 5.41 Å². The standard InChI is InChI=1S/C13H17ClN2/c1-16-9-13(6-3-7-13)8-15-12-10(14)4-2-5-11(12)16/h2,4-5,15H,3,6-9H2,1H3. The van der Waals surface area contributed by atoms with E-state index in [4.69, 9.17) is 11.6 Å². The molecule has 0 saturated heterocycles. The van der Waals surface area contributed by atoms with Gasteiger partial charge in [-0.2, -0.15) is 0 Å². The third-order valence-corrected chi connectivity index (χ3v) is 4.34. The van der Waals surface area contributed by atoms with Crippen LogP contribution in [0.5, 0.6) is 0 Å². The molecule has 1 spiro atoms. The van der Waals surface area contributed by atoms with Gasteiger partial charge in [0.2, 0.25) is 0 Å². The molecule has 0 unspecified atom stereocenters. The van der Waals surface area contributed by atoms with E-state index in [2.05, 4.69) is 23.3 Å². The molecule has 1 fully saturated rings. The fourth-order valence-corrected chi connectivity index (χ4v) is 3.17. The number of halogens is 1. The second-order valence-electron chi connectivity index (χ2n) is 5.20. The smallest absolute Gasteiger partial charge is 0.0767 e. The molecule has 0 amide bonds. The Balaban J connectivity index is 1.98. The summed E-state index contributed by atoms with van der Waals surface area (Å²) < 4.78 is 0. The first-order chi connectivity index (χ1) is 7.70. The minimum Gasteiger partial charge on any atom is -0.382 e. The molecular weight excluding hydrogens is 220 g/mol. The minimum atomic E-state index is 0.483. The summed E-state index contributed by atoms with van der Waals surface area (Å²) in [5.41, 5.74) is 2.82. The molecule has 0 aromatic heterocycles. The van der Waals surface area contributed by atoms with Gasteiger partial charge in [-0.3, -0.25) is 0 Å². The molecule has 1 saturated carbocycles. The first-order valence-corrected chi connectivity index (χ1v) is 6.32. The highest BCUT2D eigenvalue weighted by molar-refractivity contribution is 6.34. The van der Waals surface area contributed by atoms with Crippen LogP contribution in [0.2, 0.25) is 5.02 Å². The molecule has 3 rings (SSSR count). The van der Waals surface area contributed by atoms with Gasteiger partial charge in [0.05, 0.1) is 16.4 Å². The maximum absolute atomic E-state index is 6.25. The van der Waals surface area contributed by atoms with Gasteiger partial charge in [-0.1, -0.05) is 24.1 Å². The molecule has 3 heteroatoms. The maximum atomic E-state index is 6.25. The molecule has 1 N–H and O–H groups in total. The molecule has 2 nitrogen and oxygen atoms in total. The monoisotopic (exact) mass is 236 g/mol. The number of nitrogens with one attached hydrogen (secondary N) is 1. The van der Waals surface area contributed by atoms with Crippen molar-refractivity contribution in [2.24, 2.45) is 5.41 Å². The fourth-order valence-electron chi connectivity index (χ4n) is 2.94. The zero-order chi connectivity index (χ0) is 11.2. The number of hydrogen-bond acceptors (Lipinski definition) is 2. The number of para-hydroxylation sites is 1. The van der Waals surface area contributed by atoms with Gasteiger partial charge in [0, 0.05) is 25.6 Å². The van der Waals surface area contributed by atoms with Crippen LogP contribution in [-0.4, -0.2) is 20.1 Å². The molecule has 1 aromatic carbocycles. The lowest BCUT2D eigenvalue weighted by Crippen LogP contribution is -2.43. The number of hydrogen-bond donors (Lipinski definition) is 1. The number of nitrogens with zero attached hydrogens (tertiary/aromatic N) is 1. The lowest BCUT2D eigenvalue weighted by Gasteiger charge is -2.43. The van der Waals surface area contributed by atoms with Gasteiger partial charge in [-0.15, -0.1) is 0 Å². The van der Waals surface area contributed by atoms with Crippen molar-refractivity contribution in [3.05, 3.63) is 23.2 Å². The molecule has 16 heavy (non-hydrogen) atoms. The largest absolute Gasteiger partial charge is 0.382 e. The van der Waals surface area contributed by atoms with Crippen molar-refractivity contribution < 1.29 is 0 Å². The molecule has 1 aliphatic heterocycles. The second kappa shape index (κ2) is 3.56. The number of rotatable bonds is 0. The van der Waals surface area contributed by atoms with Crippen molar-refractivity contribution in [2.45, 2.75) is 19.3 Å². The predicted octanol–water partition coefficient (Wildman–Crippen LogP) is 3.37. The molecule has 0 radical (unpaired) electrons. The molecule has 0 bridgehead atoms. The minimum absolute atomic E-state index is 0.483. The van der Waals surface area contributed by atoms with Gasteiger partial charge in [-0.25, -0.2) is 0 Å². The van der Waals surface area contributed by atoms with E-state index in [1.165, 1.54) is 24.9 Å². The highest BCUT2D eigenvalue weighted by Crippen LogP contribution is 2.46. The normalized spacial score (nSPS) is 22.0. The Hall–Kier alpha value is -0.890. The SMILES string of the molecule is CN1CC2(CCC2)CNc2c(Cl)cccc21. The van der Waals surface area contributed by atoms with Crippen LogP contribution in [0.25, 0.3) is 0 Å². The first kappa shape index (κ1) is 10.3. The summed E-state index contributed by atoms with van der Waals surface area (Å²) in [5, 5.41) is 4.38. The van der Waals surface area contributed by atoms with Crippen LogP contribution in [0.15, 0.2) is 18.2 Å². The number of anilines is 2. The summed E-state index contributed by atoms with van der Waals surface area (Å²) >= 11 is 6.25. The van der Waals surface area contributed by atoms with Gasteiger partial charge in [0.25, 0.3) is 0 Å². The van der Waals surface area contributed by atoms with E-state index in [0.717, 1.165) is 23.8 Å².